The van der Waals surface area contributed by atoms with Crippen molar-refractivity contribution >= 4 is 17.6 Å². The van der Waals surface area contributed by atoms with E-state index in [1.807, 2.05) is 48.9 Å². The van der Waals surface area contributed by atoms with E-state index in [1.165, 1.54) is 6.92 Å². The SMILES string of the molecule is CCNC(=NCc1ccccc1-n1nc(C)cc1C)NCCOc1cccc(NC(C)=O)c1. The van der Waals surface area contributed by atoms with E-state index < -0.39 is 0 Å². The molecule has 1 amide bonds. The average molecular weight is 449 g/mol. The van der Waals surface area contributed by atoms with E-state index >= 15 is 0 Å². The molecule has 8 nitrogen and oxygen atoms in total. The maximum Gasteiger partial charge on any atom is 0.221 e. The fourth-order valence-electron chi connectivity index (χ4n) is 3.44. The Kier molecular flexibility index (Phi) is 8.46. The van der Waals surface area contributed by atoms with E-state index in [2.05, 4.69) is 46.2 Å². The third kappa shape index (κ3) is 7.10. The van der Waals surface area contributed by atoms with Crippen LogP contribution >= 0.6 is 0 Å². The Morgan fingerprint density at radius 2 is 1.91 bits per heavy atom. The van der Waals surface area contributed by atoms with Gasteiger partial charge in [0.05, 0.1) is 24.5 Å². The van der Waals surface area contributed by atoms with Gasteiger partial charge in [-0.05, 0) is 50.6 Å². The van der Waals surface area contributed by atoms with Crippen molar-refractivity contribution in [1.82, 2.24) is 20.4 Å². The summed E-state index contributed by atoms with van der Waals surface area (Å²) < 4.78 is 7.77. The van der Waals surface area contributed by atoms with Gasteiger partial charge in [-0.3, -0.25) is 4.79 Å². The van der Waals surface area contributed by atoms with Gasteiger partial charge >= 0.3 is 0 Å². The first kappa shape index (κ1) is 23.8. The van der Waals surface area contributed by atoms with Gasteiger partial charge in [-0.15, -0.1) is 0 Å². The summed E-state index contributed by atoms with van der Waals surface area (Å²) in [5.41, 5.74) is 4.92. The highest BCUT2D eigenvalue weighted by atomic mass is 16.5. The summed E-state index contributed by atoms with van der Waals surface area (Å²) in [5, 5.41) is 13.9. The van der Waals surface area contributed by atoms with Crippen LogP contribution in [0.2, 0.25) is 0 Å². The second-order valence-corrected chi connectivity index (χ2v) is 7.65. The Labute approximate surface area is 195 Å². The minimum Gasteiger partial charge on any atom is -0.492 e. The number of ether oxygens (including phenoxy) is 1. The number of nitrogens with one attached hydrogen (secondary N) is 3. The van der Waals surface area contributed by atoms with Gasteiger partial charge in [0.25, 0.3) is 0 Å². The van der Waals surface area contributed by atoms with E-state index in [4.69, 9.17) is 9.73 Å². The molecule has 3 N–H and O–H groups in total. The minimum absolute atomic E-state index is 0.111. The molecular weight excluding hydrogens is 416 g/mol. The molecule has 0 radical (unpaired) electrons. The molecule has 1 heterocycles. The number of anilines is 1. The third-order valence-corrected chi connectivity index (χ3v) is 4.80. The molecule has 0 saturated carbocycles. The molecular formula is C25H32N6O2. The molecule has 0 aliphatic rings. The summed E-state index contributed by atoms with van der Waals surface area (Å²) in [4.78, 5) is 16.0. The zero-order chi connectivity index (χ0) is 23.6. The number of rotatable bonds is 9. The standard InChI is InChI=1S/C25H32N6O2/c1-5-26-25(27-13-14-33-23-11-8-10-22(16-23)29-20(4)32)28-17-21-9-6-7-12-24(21)31-19(3)15-18(2)30-31/h6-12,15-16H,5,13-14,17H2,1-4H3,(H,29,32)(H2,26,27,28). The number of carbonyl (C=O) groups is 1. The normalized spacial score (nSPS) is 11.2. The first-order valence-electron chi connectivity index (χ1n) is 11.1. The second kappa shape index (κ2) is 11.7. The van der Waals surface area contributed by atoms with Crippen LogP contribution in [0.3, 0.4) is 0 Å². The molecule has 0 aliphatic heterocycles. The molecule has 174 valence electrons. The van der Waals surface area contributed by atoms with Crippen molar-refractivity contribution < 1.29 is 9.53 Å². The van der Waals surface area contributed by atoms with Crippen LogP contribution in [0.5, 0.6) is 5.75 Å². The molecule has 1 aromatic heterocycles. The van der Waals surface area contributed by atoms with Gasteiger partial charge in [-0.1, -0.05) is 24.3 Å². The molecule has 0 aliphatic carbocycles. The quantitative estimate of drug-likeness (QED) is 0.264. The molecule has 33 heavy (non-hydrogen) atoms. The summed E-state index contributed by atoms with van der Waals surface area (Å²) in [5.74, 6) is 1.31. The maximum atomic E-state index is 11.2. The number of guanidine groups is 1. The van der Waals surface area contributed by atoms with Crippen molar-refractivity contribution in [1.29, 1.82) is 0 Å². The monoisotopic (exact) mass is 448 g/mol. The van der Waals surface area contributed by atoms with Crippen molar-refractivity contribution in [3.05, 3.63) is 71.5 Å². The Morgan fingerprint density at radius 1 is 1.09 bits per heavy atom. The predicted octanol–water partition coefficient (Wildman–Crippen LogP) is 3.58. The lowest BCUT2D eigenvalue weighted by molar-refractivity contribution is -0.114. The average Bonchev–Trinajstić information content (AvgIpc) is 3.12. The molecule has 0 saturated heterocycles. The van der Waals surface area contributed by atoms with Gasteiger partial charge in [0.1, 0.15) is 12.4 Å². The lowest BCUT2D eigenvalue weighted by Gasteiger charge is -2.14. The van der Waals surface area contributed by atoms with Crippen molar-refractivity contribution in [3.63, 3.8) is 0 Å². The molecule has 3 rings (SSSR count). The Bertz CT molecular complexity index is 1110. The topological polar surface area (TPSA) is 92.6 Å². The molecule has 0 atom stereocenters. The van der Waals surface area contributed by atoms with E-state index in [-0.39, 0.29) is 5.91 Å². The first-order chi connectivity index (χ1) is 16.0. The number of hydrogen-bond acceptors (Lipinski definition) is 4. The molecule has 0 fully saturated rings. The van der Waals surface area contributed by atoms with E-state index in [0.29, 0.717) is 31.1 Å². The van der Waals surface area contributed by atoms with Crippen molar-refractivity contribution in [3.8, 4) is 11.4 Å². The van der Waals surface area contributed by atoms with E-state index in [1.54, 1.807) is 6.07 Å². The van der Waals surface area contributed by atoms with E-state index in [0.717, 1.165) is 35.1 Å². The van der Waals surface area contributed by atoms with Crippen molar-refractivity contribution in [2.24, 2.45) is 4.99 Å². The van der Waals surface area contributed by atoms with Crippen LogP contribution in [0.15, 0.2) is 59.6 Å². The van der Waals surface area contributed by atoms with Crippen LogP contribution in [0.1, 0.15) is 30.8 Å². The number of carbonyl (C=O) groups excluding carboxylic acids is 1. The van der Waals surface area contributed by atoms with Gasteiger partial charge < -0.3 is 20.7 Å². The Balaban J connectivity index is 1.60. The van der Waals surface area contributed by atoms with E-state index in [9.17, 15) is 4.79 Å². The third-order valence-electron chi connectivity index (χ3n) is 4.80. The van der Waals surface area contributed by atoms with Crippen LogP contribution in [-0.4, -0.2) is 41.3 Å². The first-order valence-corrected chi connectivity index (χ1v) is 11.1. The lowest BCUT2D eigenvalue weighted by Crippen LogP contribution is -2.39. The lowest BCUT2D eigenvalue weighted by atomic mass is 10.2. The number of benzene rings is 2. The van der Waals surface area contributed by atoms with Gasteiger partial charge in [0.15, 0.2) is 5.96 Å². The highest BCUT2D eigenvalue weighted by Crippen LogP contribution is 2.18. The Morgan fingerprint density at radius 3 is 2.64 bits per heavy atom. The number of aryl methyl sites for hydroxylation is 2. The van der Waals surface area contributed by atoms with Gasteiger partial charge in [-0.2, -0.15) is 5.10 Å². The second-order valence-electron chi connectivity index (χ2n) is 7.65. The molecule has 0 bridgehead atoms. The van der Waals surface area contributed by atoms with Gasteiger partial charge in [0.2, 0.25) is 5.91 Å². The number of hydrogen-bond donors (Lipinski definition) is 3. The van der Waals surface area contributed by atoms with Gasteiger partial charge in [-0.25, -0.2) is 9.67 Å². The minimum atomic E-state index is -0.111. The zero-order valence-corrected chi connectivity index (χ0v) is 19.7. The molecule has 8 heteroatoms. The highest BCUT2D eigenvalue weighted by molar-refractivity contribution is 5.88. The summed E-state index contributed by atoms with van der Waals surface area (Å²) in [6, 6.07) is 17.6. The molecule has 2 aromatic carbocycles. The largest absolute Gasteiger partial charge is 0.492 e. The predicted molar refractivity (Wildman–Crippen MR) is 132 cm³/mol. The fourth-order valence-corrected chi connectivity index (χ4v) is 3.44. The smallest absolute Gasteiger partial charge is 0.221 e. The molecule has 0 spiro atoms. The highest BCUT2D eigenvalue weighted by Gasteiger charge is 2.09. The number of amides is 1. The number of nitrogens with zero attached hydrogens (tertiary/aromatic N) is 3. The van der Waals surface area contributed by atoms with Crippen LogP contribution in [0.25, 0.3) is 5.69 Å². The maximum absolute atomic E-state index is 11.2. The zero-order valence-electron chi connectivity index (χ0n) is 19.7. The fraction of sp³-hybridized carbons (Fsp3) is 0.320. The van der Waals surface area contributed by atoms with Crippen molar-refractivity contribution in [2.75, 3.05) is 25.0 Å². The van der Waals surface area contributed by atoms with Gasteiger partial charge in [0, 0.05) is 30.9 Å². The van der Waals surface area contributed by atoms with Crippen LogP contribution in [0.4, 0.5) is 5.69 Å². The van der Waals surface area contributed by atoms with Crippen LogP contribution in [0, 0.1) is 13.8 Å². The number of para-hydroxylation sites is 1. The van der Waals surface area contributed by atoms with Crippen LogP contribution in [-0.2, 0) is 11.3 Å². The number of aliphatic imine (C=N–C) groups is 1. The summed E-state index contributed by atoms with van der Waals surface area (Å²) in [6.45, 7) is 9.87. The summed E-state index contributed by atoms with van der Waals surface area (Å²) in [7, 11) is 0. The Hall–Kier alpha value is -3.81. The molecule has 0 unspecified atom stereocenters. The summed E-state index contributed by atoms with van der Waals surface area (Å²) in [6.07, 6.45) is 0. The molecule has 3 aromatic rings. The number of aromatic nitrogens is 2. The van der Waals surface area contributed by atoms with Crippen LogP contribution < -0.4 is 20.7 Å². The van der Waals surface area contributed by atoms with Crippen molar-refractivity contribution in [2.45, 2.75) is 34.2 Å². The summed E-state index contributed by atoms with van der Waals surface area (Å²) >= 11 is 0.